The molecule has 0 aromatic heterocycles. The summed E-state index contributed by atoms with van der Waals surface area (Å²) in [4.78, 5) is 43.1. The van der Waals surface area contributed by atoms with Gasteiger partial charge in [-0.15, -0.1) is 0 Å². The first kappa shape index (κ1) is 26.2. The molecule has 9 heteroatoms. The van der Waals surface area contributed by atoms with Gasteiger partial charge in [0.2, 0.25) is 11.8 Å². The minimum Gasteiger partial charge on any atom is -0.497 e. The summed E-state index contributed by atoms with van der Waals surface area (Å²) >= 11 is 0. The highest BCUT2D eigenvalue weighted by molar-refractivity contribution is 6.03. The zero-order valence-corrected chi connectivity index (χ0v) is 22.0. The van der Waals surface area contributed by atoms with Gasteiger partial charge in [-0.3, -0.25) is 14.4 Å². The van der Waals surface area contributed by atoms with Crippen LogP contribution in [0, 0.1) is 17.8 Å². The fourth-order valence-corrected chi connectivity index (χ4v) is 6.82. The molecule has 3 unspecified atom stereocenters. The van der Waals surface area contributed by atoms with Gasteiger partial charge >= 0.3 is 5.97 Å². The summed E-state index contributed by atoms with van der Waals surface area (Å²) in [6, 6.07) is 14.1. The van der Waals surface area contributed by atoms with E-state index >= 15 is 0 Å². The average molecular weight is 523 g/mol. The summed E-state index contributed by atoms with van der Waals surface area (Å²) in [7, 11) is 1.56. The Morgan fingerprint density at radius 3 is 2.47 bits per heavy atom. The number of hydrogen-bond donors (Lipinski definition) is 2. The number of benzene rings is 2. The molecule has 2 bridgehead atoms. The quantitative estimate of drug-likeness (QED) is 0.513. The summed E-state index contributed by atoms with van der Waals surface area (Å²) in [5.41, 5.74) is -0.999. The minimum absolute atomic E-state index is 0.110. The average Bonchev–Trinajstić information content (AvgIpc) is 3.42. The summed E-state index contributed by atoms with van der Waals surface area (Å²) in [5.74, 6) is -2.58. The van der Waals surface area contributed by atoms with Crippen LogP contribution in [0.25, 0.3) is 0 Å². The molecule has 2 amide bonds. The minimum atomic E-state index is -1.25. The topological polar surface area (TPSA) is 114 Å². The third-order valence-corrected chi connectivity index (χ3v) is 8.59. The predicted molar refractivity (Wildman–Crippen MR) is 138 cm³/mol. The lowest BCUT2D eigenvalue weighted by molar-refractivity contribution is -0.162. The number of esters is 1. The van der Waals surface area contributed by atoms with E-state index in [0.717, 1.165) is 0 Å². The third kappa shape index (κ3) is 3.79. The first-order valence-corrected chi connectivity index (χ1v) is 13.0. The van der Waals surface area contributed by atoms with Gasteiger partial charge in [-0.25, -0.2) is 0 Å². The smallest absolute Gasteiger partial charge is 0.312 e. The number of carbonyl (C=O) groups excluding carboxylic acids is 3. The van der Waals surface area contributed by atoms with Crippen LogP contribution in [0.5, 0.6) is 5.75 Å². The van der Waals surface area contributed by atoms with E-state index in [1.807, 2.05) is 44.2 Å². The molecular weight excluding hydrogens is 488 g/mol. The molecule has 3 saturated heterocycles. The van der Waals surface area contributed by atoms with Crippen LogP contribution in [-0.2, 0) is 23.9 Å². The fraction of sp³-hybridized carbons (Fsp3) is 0.483. The molecule has 7 atom stereocenters. The van der Waals surface area contributed by atoms with E-state index in [4.69, 9.17) is 14.2 Å². The van der Waals surface area contributed by atoms with Gasteiger partial charge in [0.25, 0.3) is 0 Å². The Hall–Kier alpha value is -3.43. The van der Waals surface area contributed by atoms with Crippen molar-refractivity contribution in [1.29, 1.82) is 0 Å². The Kier molecular flexibility index (Phi) is 6.69. The number of amides is 2. The van der Waals surface area contributed by atoms with Crippen LogP contribution in [0.4, 0.5) is 5.69 Å². The number of aliphatic hydroxyl groups excluding tert-OH is 1. The molecule has 2 N–H and O–H groups in total. The molecule has 2 aromatic rings. The Morgan fingerprint density at radius 1 is 1.18 bits per heavy atom. The number of rotatable bonds is 8. The zero-order chi connectivity index (χ0) is 27.2. The number of nitrogens with one attached hydrogen (secondary N) is 1. The van der Waals surface area contributed by atoms with E-state index in [1.54, 1.807) is 38.3 Å². The number of fused-ring (bicyclic) bond motifs is 1. The maximum atomic E-state index is 14.3. The number of carbonyl (C=O) groups is 3. The third-order valence-electron chi connectivity index (χ3n) is 8.59. The van der Waals surface area contributed by atoms with Gasteiger partial charge in [0, 0.05) is 5.69 Å². The number of hydrogen-bond acceptors (Lipinski definition) is 7. The van der Waals surface area contributed by atoms with Gasteiger partial charge in [-0.05, 0) is 56.0 Å². The van der Waals surface area contributed by atoms with E-state index in [9.17, 15) is 19.5 Å². The van der Waals surface area contributed by atoms with E-state index in [1.165, 1.54) is 4.90 Å². The van der Waals surface area contributed by atoms with Gasteiger partial charge in [0.1, 0.15) is 23.3 Å². The van der Waals surface area contributed by atoms with Gasteiger partial charge in [0.15, 0.2) is 0 Å². The number of anilines is 1. The molecule has 202 valence electrons. The van der Waals surface area contributed by atoms with E-state index in [-0.39, 0.29) is 12.5 Å². The van der Waals surface area contributed by atoms with Crippen molar-refractivity contribution >= 4 is 23.5 Å². The molecule has 1 spiro atoms. The van der Waals surface area contributed by atoms with Crippen LogP contribution in [0.1, 0.15) is 38.8 Å². The van der Waals surface area contributed by atoms with E-state index in [0.29, 0.717) is 23.4 Å². The maximum Gasteiger partial charge on any atom is 0.312 e. The van der Waals surface area contributed by atoms with E-state index in [2.05, 4.69) is 5.32 Å². The zero-order valence-electron chi connectivity index (χ0n) is 22.0. The first-order chi connectivity index (χ1) is 18.2. The Balaban J connectivity index is 1.61. The monoisotopic (exact) mass is 522 g/mol. The van der Waals surface area contributed by atoms with Gasteiger partial charge in [-0.2, -0.15) is 0 Å². The van der Waals surface area contributed by atoms with E-state index < -0.39 is 59.5 Å². The van der Waals surface area contributed by atoms with Crippen molar-refractivity contribution in [1.82, 2.24) is 4.90 Å². The van der Waals surface area contributed by atoms with Crippen molar-refractivity contribution in [2.24, 2.45) is 17.8 Å². The molecule has 2 aromatic carbocycles. The Bertz CT molecular complexity index is 1220. The lowest BCUT2D eigenvalue weighted by Gasteiger charge is -2.37. The molecule has 0 aliphatic carbocycles. The highest BCUT2D eigenvalue weighted by Crippen LogP contribution is 2.66. The predicted octanol–water partition coefficient (Wildman–Crippen LogP) is 2.94. The van der Waals surface area contributed by atoms with Crippen molar-refractivity contribution in [2.45, 2.75) is 50.5 Å². The molecule has 38 heavy (non-hydrogen) atoms. The number of aliphatic hydroxyl groups is 1. The first-order valence-electron chi connectivity index (χ1n) is 13.0. The Morgan fingerprint density at radius 2 is 1.87 bits per heavy atom. The van der Waals surface area contributed by atoms with Crippen LogP contribution in [0.2, 0.25) is 0 Å². The van der Waals surface area contributed by atoms with Crippen molar-refractivity contribution in [3.8, 4) is 5.75 Å². The molecule has 3 fully saturated rings. The molecule has 5 rings (SSSR count). The maximum absolute atomic E-state index is 14.3. The number of methoxy groups -OCH3 is 1. The van der Waals surface area contributed by atoms with Crippen LogP contribution < -0.4 is 10.1 Å². The van der Waals surface area contributed by atoms with Crippen LogP contribution in [-0.4, -0.2) is 65.4 Å². The molecule has 3 heterocycles. The fourth-order valence-electron chi connectivity index (χ4n) is 6.82. The summed E-state index contributed by atoms with van der Waals surface area (Å²) < 4.78 is 17.3. The summed E-state index contributed by atoms with van der Waals surface area (Å²) in [6.45, 7) is 5.30. The number of nitrogens with zero attached hydrogens (tertiary/aromatic N) is 1. The highest BCUT2D eigenvalue weighted by Gasteiger charge is 2.80. The SMILES string of the molecule is CCOC(=O)[C@H]1[C@H]2C(=O)N([C@H](CO)c3ccccc3)C(C(=O)Nc3ccc(OC)cc3)C23CC(C)[C@]1(C)O3. The lowest BCUT2D eigenvalue weighted by atomic mass is 9.62. The second kappa shape index (κ2) is 9.71. The van der Waals surface area contributed by atoms with Crippen LogP contribution >= 0.6 is 0 Å². The molecular formula is C29H34N2O7. The molecule has 9 nitrogen and oxygen atoms in total. The highest BCUT2D eigenvalue weighted by atomic mass is 16.6. The van der Waals surface area contributed by atoms with Crippen LogP contribution in [0.3, 0.4) is 0 Å². The van der Waals surface area contributed by atoms with Crippen molar-refractivity contribution in [3.05, 3.63) is 60.2 Å². The van der Waals surface area contributed by atoms with Crippen LogP contribution in [0.15, 0.2) is 54.6 Å². The number of likely N-dealkylation sites (tertiary alicyclic amines) is 1. The van der Waals surface area contributed by atoms with Gasteiger partial charge in [-0.1, -0.05) is 37.3 Å². The second-order valence-corrected chi connectivity index (χ2v) is 10.5. The lowest BCUT2D eigenvalue weighted by Crippen LogP contribution is -2.54. The van der Waals surface area contributed by atoms with Gasteiger partial charge in [0.05, 0.1) is 37.9 Å². The standard InChI is InChI=1S/C29H34N2O7/c1-5-37-27(35)23-22-26(34)31(21(16-32)18-9-7-6-8-10-18)24(29(22)15-17(2)28(23,3)38-29)25(33)30-19-11-13-20(36-4)14-12-19/h6-14,17,21-24,32H,5,15-16H2,1-4H3,(H,30,33)/t17?,21-,22+,23-,24?,28+,29?/m1/s1. The number of ether oxygens (including phenoxy) is 3. The normalized spacial score (nSPS) is 32.1. The van der Waals surface area contributed by atoms with Crippen molar-refractivity contribution in [3.63, 3.8) is 0 Å². The van der Waals surface area contributed by atoms with Crippen molar-refractivity contribution < 1.29 is 33.7 Å². The molecule has 3 aliphatic heterocycles. The van der Waals surface area contributed by atoms with Gasteiger partial charge < -0.3 is 29.5 Å². The second-order valence-electron chi connectivity index (χ2n) is 10.5. The largest absolute Gasteiger partial charge is 0.497 e. The van der Waals surface area contributed by atoms with Crippen molar-refractivity contribution in [2.75, 3.05) is 25.6 Å². The summed E-state index contributed by atoms with van der Waals surface area (Å²) in [6.07, 6.45) is 0.417. The Labute approximate surface area is 222 Å². The summed E-state index contributed by atoms with van der Waals surface area (Å²) in [5, 5.41) is 13.5. The molecule has 3 aliphatic rings. The molecule has 0 radical (unpaired) electrons. The molecule has 0 saturated carbocycles.